The van der Waals surface area contributed by atoms with Crippen molar-refractivity contribution in [3.8, 4) is 0 Å². The minimum Gasteiger partial charge on any atom is -0.379 e. The molecular weight excluding hydrogens is 200 g/mol. The molecule has 0 unspecified atom stereocenters. The molecule has 2 heterocycles. The molecule has 0 N–H and O–H groups in total. The lowest BCUT2D eigenvalue weighted by molar-refractivity contribution is 0.0927. The first-order chi connectivity index (χ1) is 6.72. The van der Waals surface area contributed by atoms with Crippen LogP contribution in [0.1, 0.15) is 16.6 Å². The van der Waals surface area contributed by atoms with Gasteiger partial charge in [0.1, 0.15) is 0 Å². The van der Waals surface area contributed by atoms with E-state index in [2.05, 4.69) is 5.10 Å². The van der Waals surface area contributed by atoms with E-state index < -0.39 is 0 Å². The highest BCUT2D eigenvalue weighted by Crippen LogP contribution is 2.25. The van der Waals surface area contributed by atoms with E-state index in [0.717, 1.165) is 15.1 Å². The van der Waals surface area contributed by atoms with Crippen LogP contribution in [0.3, 0.4) is 0 Å². The number of hydrogen-bond acceptors (Lipinski definition) is 4. The smallest absolute Gasteiger partial charge is 0.244 e. The van der Waals surface area contributed by atoms with Gasteiger partial charge in [-0.05, 0) is 6.07 Å². The van der Waals surface area contributed by atoms with E-state index in [1.165, 1.54) is 11.6 Å². The van der Waals surface area contributed by atoms with Gasteiger partial charge < -0.3 is 4.74 Å². The molecule has 0 aliphatic rings. The van der Waals surface area contributed by atoms with Crippen molar-refractivity contribution in [2.75, 3.05) is 7.11 Å². The van der Waals surface area contributed by atoms with Gasteiger partial charge in [0.25, 0.3) is 0 Å². The van der Waals surface area contributed by atoms with Crippen LogP contribution in [0.25, 0.3) is 10.2 Å². The van der Waals surface area contributed by atoms with Crippen molar-refractivity contribution in [3.63, 3.8) is 0 Å². The molecule has 0 aliphatic carbocycles. The average Bonchev–Trinajstić information content (AvgIpc) is 2.62. The molecule has 2 rings (SSSR count). The second-order valence-corrected chi connectivity index (χ2v) is 4.14. The Bertz CT molecular complexity index is 472. The number of ether oxygens (including phenoxy) is 1. The lowest BCUT2D eigenvalue weighted by Crippen LogP contribution is -2.06. The van der Waals surface area contributed by atoms with E-state index >= 15 is 0 Å². The zero-order valence-corrected chi connectivity index (χ0v) is 8.80. The molecular formula is C9H10N2O2S. The molecule has 0 radical (unpaired) electrons. The maximum atomic E-state index is 11.2. The summed E-state index contributed by atoms with van der Waals surface area (Å²) in [6, 6.07) is 1.94. The van der Waals surface area contributed by atoms with Gasteiger partial charge in [-0.1, -0.05) is 0 Å². The van der Waals surface area contributed by atoms with Gasteiger partial charge >= 0.3 is 0 Å². The first kappa shape index (κ1) is 9.36. The Morgan fingerprint density at radius 1 is 1.71 bits per heavy atom. The zero-order valence-electron chi connectivity index (χ0n) is 7.98. The summed E-state index contributed by atoms with van der Waals surface area (Å²) in [5, 5.41) is 3.99. The Hall–Kier alpha value is -1.20. The standard InChI is InChI=1S/C9H10N2O2S/c1-6(12)11-8-3-7(5-13-2)14-9(8)4-10-11/h3-4H,5H2,1-2H3. The second kappa shape index (κ2) is 3.51. The third kappa shape index (κ3) is 1.44. The highest BCUT2D eigenvalue weighted by Gasteiger charge is 2.09. The van der Waals surface area contributed by atoms with E-state index in [9.17, 15) is 4.79 Å². The summed E-state index contributed by atoms with van der Waals surface area (Å²) in [4.78, 5) is 12.3. The molecule has 74 valence electrons. The minimum absolute atomic E-state index is 0.0678. The summed E-state index contributed by atoms with van der Waals surface area (Å²) >= 11 is 1.60. The Balaban J connectivity index is 2.50. The van der Waals surface area contributed by atoms with Crippen LogP contribution in [0, 0.1) is 0 Å². The van der Waals surface area contributed by atoms with Gasteiger partial charge in [0.2, 0.25) is 5.91 Å². The van der Waals surface area contributed by atoms with Crippen LogP contribution in [0.2, 0.25) is 0 Å². The van der Waals surface area contributed by atoms with Gasteiger partial charge in [-0.15, -0.1) is 11.3 Å². The molecule has 0 aromatic carbocycles. The first-order valence-corrected chi connectivity index (χ1v) is 5.00. The SMILES string of the molecule is COCc1cc2c(cnn2C(C)=O)s1. The van der Waals surface area contributed by atoms with E-state index in [4.69, 9.17) is 4.74 Å². The van der Waals surface area contributed by atoms with Gasteiger partial charge in [0.15, 0.2) is 0 Å². The molecule has 2 aromatic heterocycles. The van der Waals surface area contributed by atoms with Crippen molar-refractivity contribution in [1.29, 1.82) is 0 Å². The molecule has 0 fully saturated rings. The van der Waals surface area contributed by atoms with Crippen molar-refractivity contribution in [2.45, 2.75) is 13.5 Å². The maximum absolute atomic E-state index is 11.2. The number of hydrogen-bond donors (Lipinski definition) is 0. The molecule has 5 heteroatoms. The number of thiophene rings is 1. The fourth-order valence-electron chi connectivity index (χ4n) is 1.34. The molecule has 0 spiro atoms. The second-order valence-electron chi connectivity index (χ2n) is 2.97. The van der Waals surface area contributed by atoms with Crippen LogP contribution in [-0.4, -0.2) is 22.8 Å². The van der Waals surface area contributed by atoms with Crippen molar-refractivity contribution in [2.24, 2.45) is 0 Å². The van der Waals surface area contributed by atoms with E-state index in [0.29, 0.717) is 6.61 Å². The normalized spacial score (nSPS) is 11.0. The highest BCUT2D eigenvalue weighted by molar-refractivity contribution is 7.19. The Labute approximate surface area is 85.1 Å². The molecule has 14 heavy (non-hydrogen) atoms. The topological polar surface area (TPSA) is 44.1 Å². The number of carbonyl (C=O) groups is 1. The third-order valence-corrected chi connectivity index (χ3v) is 2.93. The van der Waals surface area contributed by atoms with Crippen molar-refractivity contribution in [1.82, 2.24) is 9.78 Å². The van der Waals surface area contributed by atoms with Crippen LogP contribution in [0.5, 0.6) is 0 Å². The largest absolute Gasteiger partial charge is 0.379 e. The monoisotopic (exact) mass is 210 g/mol. The number of aromatic nitrogens is 2. The minimum atomic E-state index is -0.0678. The van der Waals surface area contributed by atoms with E-state index in [-0.39, 0.29) is 5.91 Å². The first-order valence-electron chi connectivity index (χ1n) is 4.18. The summed E-state index contributed by atoms with van der Waals surface area (Å²) in [7, 11) is 1.65. The maximum Gasteiger partial charge on any atom is 0.244 e. The van der Waals surface area contributed by atoms with Gasteiger partial charge in [-0.25, -0.2) is 0 Å². The van der Waals surface area contributed by atoms with Gasteiger partial charge in [0, 0.05) is 18.9 Å². The molecule has 0 atom stereocenters. The van der Waals surface area contributed by atoms with E-state index in [1.54, 1.807) is 24.6 Å². The summed E-state index contributed by atoms with van der Waals surface area (Å²) < 4.78 is 7.45. The number of fused-ring (bicyclic) bond motifs is 1. The predicted molar refractivity (Wildman–Crippen MR) is 54.6 cm³/mol. The number of rotatable bonds is 2. The van der Waals surface area contributed by atoms with Crippen LogP contribution < -0.4 is 0 Å². The van der Waals surface area contributed by atoms with Crippen LogP contribution in [0.4, 0.5) is 0 Å². The van der Waals surface area contributed by atoms with E-state index in [1.807, 2.05) is 6.07 Å². The summed E-state index contributed by atoms with van der Waals surface area (Å²) in [6.07, 6.45) is 1.71. The van der Waals surface area contributed by atoms with Crippen LogP contribution >= 0.6 is 11.3 Å². The average molecular weight is 210 g/mol. The fourth-order valence-corrected chi connectivity index (χ4v) is 2.32. The molecule has 0 amide bonds. The molecule has 0 saturated carbocycles. The third-order valence-electron chi connectivity index (χ3n) is 1.89. The van der Waals surface area contributed by atoms with Gasteiger partial charge in [-0.3, -0.25) is 4.79 Å². The van der Waals surface area contributed by atoms with Crippen LogP contribution in [0.15, 0.2) is 12.3 Å². The van der Waals surface area contributed by atoms with Crippen molar-refractivity contribution < 1.29 is 9.53 Å². The molecule has 0 aliphatic heterocycles. The number of methoxy groups -OCH3 is 1. The predicted octanol–water partition coefficient (Wildman–Crippen LogP) is 1.90. The molecule has 2 aromatic rings. The molecule has 0 saturated heterocycles. The summed E-state index contributed by atoms with van der Waals surface area (Å²) in [6.45, 7) is 2.08. The Kier molecular flexibility index (Phi) is 2.35. The van der Waals surface area contributed by atoms with Gasteiger partial charge in [0.05, 0.1) is 23.0 Å². The molecule has 0 bridgehead atoms. The lowest BCUT2D eigenvalue weighted by Gasteiger charge is -1.93. The lowest BCUT2D eigenvalue weighted by atomic mass is 10.4. The molecule has 4 nitrogen and oxygen atoms in total. The zero-order chi connectivity index (χ0) is 10.1. The number of carbonyl (C=O) groups excluding carboxylic acids is 1. The fraction of sp³-hybridized carbons (Fsp3) is 0.333. The van der Waals surface area contributed by atoms with Crippen molar-refractivity contribution in [3.05, 3.63) is 17.1 Å². The Morgan fingerprint density at radius 3 is 3.14 bits per heavy atom. The van der Waals surface area contributed by atoms with Gasteiger partial charge in [-0.2, -0.15) is 9.78 Å². The quantitative estimate of drug-likeness (QED) is 0.760. The van der Waals surface area contributed by atoms with Crippen LogP contribution in [-0.2, 0) is 11.3 Å². The van der Waals surface area contributed by atoms with Crippen molar-refractivity contribution >= 4 is 27.5 Å². The summed E-state index contributed by atoms with van der Waals surface area (Å²) in [5.41, 5.74) is 0.870. The Morgan fingerprint density at radius 2 is 2.50 bits per heavy atom. The number of nitrogens with zero attached hydrogens (tertiary/aromatic N) is 2. The highest BCUT2D eigenvalue weighted by atomic mass is 32.1. The summed E-state index contributed by atoms with van der Waals surface area (Å²) in [5.74, 6) is -0.0678.